The Hall–Kier alpha value is -2.63. The SMILES string of the molecule is Cc1ccc(C)c(Nc2ncc(C(=O)Nc3cc(Cl)cc(Cl)c3)cn2)c1. The molecule has 7 heteroatoms. The number of carbonyl (C=O) groups is 1. The first kappa shape index (κ1) is 18.2. The van der Waals surface area contributed by atoms with Gasteiger partial charge in [0.15, 0.2) is 0 Å². The summed E-state index contributed by atoms with van der Waals surface area (Å²) in [6.07, 6.45) is 2.92. The second-order valence-corrected chi connectivity index (χ2v) is 6.72. The van der Waals surface area contributed by atoms with Crippen LogP contribution < -0.4 is 10.6 Å². The number of nitrogens with zero attached hydrogens (tertiary/aromatic N) is 2. The molecule has 0 saturated heterocycles. The molecular weight excluding hydrogens is 371 g/mol. The van der Waals surface area contributed by atoms with Gasteiger partial charge in [0.1, 0.15) is 0 Å². The number of hydrogen-bond acceptors (Lipinski definition) is 4. The molecule has 0 radical (unpaired) electrons. The monoisotopic (exact) mass is 386 g/mol. The molecule has 0 saturated carbocycles. The number of anilines is 3. The summed E-state index contributed by atoms with van der Waals surface area (Å²) < 4.78 is 0. The van der Waals surface area contributed by atoms with Crippen molar-refractivity contribution in [1.82, 2.24) is 9.97 Å². The molecule has 132 valence electrons. The highest BCUT2D eigenvalue weighted by molar-refractivity contribution is 6.35. The van der Waals surface area contributed by atoms with Crippen LogP contribution in [0.25, 0.3) is 0 Å². The van der Waals surface area contributed by atoms with Crippen LogP contribution in [0, 0.1) is 13.8 Å². The van der Waals surface area contributed by atoms with Crippen LogP contribution in [0.1, 0.15) is 21.5 Å². The topological polar surface area (TPSA) is 66.9 Å². The van der Waals surface area contributed by atoms with Gasteiger partial charge in [-0.05, 0) is 49.2 Å². The highest BCUT2D eigenvalue weighted by Crippen LogP contribution is 2.23. The van der Waals surface area contributed by atoms with E-state index < -0.39 is 0 Å². The van der Waals surface area contributed by atoms with Crippen molar-refractivity contribution in [2.75, 3.05) is 10.6 Å². The summed E-state index contributed by atoms with van der Waals surface area (Å²) in [7, 11) is 0. The molecular formula is C19H16Cl2N4O. The van der Waals surface area contributed by atoms with Gasteiger partial charge < -0.3 is 10.6 Å². The normalized spacial score (nSPS) is 10.5. The zero-order valence-corrected chi connectivity index (χ0v) is 15.7. The Balaban J connectivity index is 1.72. The quantitative estimate of drug-likeness (QED) is 0.629. The zero-order chi connectivity index (χ0) is 18.7. The summed E-state index contributed by atoms with van der Waals surface area (Å²) in [6, 6.07) is 10.9. The first-order valence-electron chi connectivity index (χ1n) is 7.84. The van der Waals surface area contributed by atoms with Crippen molar-refractivity contribution in [1.29, 1.82) is 0 Å². The fourth-order valence-electron chi connectivity index (χ4n) is 2.33. The molecule has 0 aliphatic rings. The van der Waals surface area contributed by atoms with Crippen LogP contribution in [0.3, 0.4) is 0 Å². The Morgan fingerprint density at radius 1 is 0.962 bits per heavy atom. The van der Waals surface area contributed by atoms with E-state index in [0.29, 0.717) is 27.2 Å². The lowest BCUT2D eigenvalue weighted by Gasteiger charge is -2.10. The molecule has 1 amide bonds. The van der Waals surface area contributed by atoms with Crippen LogP contribution in [0.15, 0.2) is 48.8 Å². The van der Waals surface area contributed by atoms with Crippen molar-refractivity contribution in [2.24, 2.45) is 0 Å². The summed E-state index contributed by atoms with van der Waals surface area (Å²) >= 11 is 11.9. The third-order valence-corrected chi connectivity index (χ3v) is 4.11. The molecule has 0 aliphatic carbocycles. The number of aryl methyl sites for hydroxylation is 2. The van der Waals surface area contributed by atoms with Gasteiger partial charge in [-0.3, -0.25) is 4.79 Å². The molecule has 0 fully saturated rings. The molecule has 0 bridgehead atoms. The van der Waals surface area contributed by atoms with E-state index in [9.17, 15) is 4.79 Å². The van der Waals surface area contributed by atoms with Gasteiger partial charge in [-0.25, -0.2) is 9.97 Å². The average Bonchev–Trinajstić information content (AvgIpc) is 2.58. The van der Waals surface area contributed by atoms with Crippen LogP contribution >= 0.6 is 23.2 Å². The largest absolute Gasteiger partial charge is 0.324 e. The molecule has 1 heterocycles. The minimum Gasteiger partial charge on any atom is -0.324 e. The summed E-state index contributed by atoms with van der Waals surface area (Å²) in [6.45, 7) is 4.01. The van der Waals surface area contributed by atoms with Crippen molar-refractivity contribution in [2.45, 2.75) is 13.8 Å². The second-order valence-electron chi connectivity index (χ2n) is 5.85. The minimum atomic E-state index is -0.346. The van der Waals surface area contributed by atoms with E-state index in [1.807, 2.05) is 32.0 Å². The van der Waals surface area contributed by atoms with Crippen molar-refractivity contribution in [3.05, 3.63) is 75.5 Å². The van der Waals surface area contributed by atoms with Crippen LogP contribution in [0.2, 0.25) is 10.0 Å². The fourth-order valence-corrected chi connectivity index (χ4v) is 2.86. The van der Waals surface area contributed by atoms with Crippen molar-refractivity contribution in [3.8, 4) is 0 Å². The van der Waals surface area contributed by atoms with E-state index >= 15 is 0 Å². The lowest BCUT2D eigenvalue weighted by Crippen LogP contribution is -2.13. The van der Waals surface area contributed by atoms with Gasteiger partial charge in [-0.2, -0.15) is 0 Å². The number of nitrogens with one attached hydrogen (secondary N) is 2. The predicted molar refractivity (Wildman–Crippen MR) is 106 cm³/mol. The number of benzene rings is 2. The second kappa shape index (κ2) is 7.72. The number of amides is 1. The molecule has 3 aromatic rings. The van der Waals surface area contributed by atoms with E-state index in [-0.39, 0.29) is 5.91 Å². The van der Waals surface area contributed by atoms with Gasteiger partial charge in [-0.1, -0.05) is 35.3 Å². The molecule has 0 spiro atoms. The molecule has 1 aromatic heterocycles. The van der Waals surface area contributed by atoms with E-state index in [2.05, 4.69) is 20.6 Å². The molecule has 0 unspecified atom stereocenters. The Morgan fingerprint density at radius 3 is 2.27 bits per heavy atom. The Bertz CT molecular complexity index is 938. The smallest absolute Gasteiger partial charge is 0.258 e. The van der Waals surface area contributed by atoms with E-state index in [1.165, 1.54) is 12.4 Å². The van der Waals surface area contributed by atoms with Crippen molar-refractivity contribution < 1.29 is 4.79 Å². The number of aromatic nitrogens is 2. The Kier molecular flexibility index (Phi) is 5.40. The maximum Gasteiger partial charge on any atom is 0.258 e. The highest BCUT2D eigenvalue weighted by Gasteiger charge is 2.09. The van der Waals surface area contributed by atoms with Gasteiger partial charge >= 0.3 is 0 Å². The Morgan fingerprint density at radius 2 is 1.62 bits per heavy atom. The predicted octanol–water partition coefficient (Wildman–Crippen LogP) is 5.40. The number of hydrogen-bond donors (Lipinski definition) is 2. The molecule has 5 nitrogen and oxygen atoms in total. The maximum absolute atomic E-state index is 12.3. The summed E-state index contributed by atoms with van der Waals surface area (Å²) in [5.41, 5.74) is 3.97. The fraction of sp³-hybridized carbons (Fsp3) is 0.105. The van der Waals surface area contributed by atoms with Gasteiger partial charge in [-0.15, -0.1) is 0 Å². The van der Waals surface area contributed by atoms with Crippen LogP contribution in [0.5, 0.6) is 0 Å². The van der Waals surface area contributed by atoms with Crippen molar-refractivity contribution >= 4 is 46.4 Å². The van der Waals surface area contributed by atoms with Crippen LogP contribution in [-0.2, 0) is 0 Å². The first-order valence-corrected chi connectivity index (χ1v) is 8.60. The molecule has 0 aliphatic heterocycles. The van der Waals surface area contributed by atoms with Gasteiger partial charge in [0.25, 0.3) is 5.91 Å². The lowest BCUT2D eigenvalue weighted by molar-refractivity contribution is 0.102. The van der Waals surface area contributed by atoms with E-state index in [0.717, 1.165) is 16.8 Å². The zero-order valence-electron chi connectivity index (χ0n) is 14.2. The first-order chi connectivity index (χ1) is 12.4. The average molecular weight is 387 g/mol. The molecule has 3 rings (SSSR count). The number of rotatable bonds is 4. The van der Waals surface area contributed by atoms with Gasteiger partial charge in [0, 0.05) is 33.8 Å². The van der Waals surface area contributed by atoms with E-state index in [1.54, 1.807) is 18.2 Å². The van der Waals surface area contributed by atoms with Crippen molar-refractivity contribution in [3.63, 3.8) is 0 Å². The third kappa shape index (κ3) is 4.50. The Labute approximate surface area is 161 Å². The van der Waals surface area contributed by atoms with Gasteiger partial charge in [0.05, 0.1) is 5.56 Å². The summed E-state index contributed by atoms with van der Waals surface area (Å²) in [5, 5.41) is 6.76. The lowest BCUT2D eigenvalue weighted by atomic mass is 10.1. The highest BCUT2D eigenvalue weighted by atomic mass is 35.5. The molecule has 2 aromatic carbocycles. The molecule has 0 atom stereocenters. The maximum atomic E-state index is 12.3. The minimum absolute atomic E-state index is 0.326. The van der Waals surface area contributed by atoms with Crippen LogP contribution in [0.4, 0.5) is 17.3 Å². The summed E-state index contributed by atoms with van der Waals surface area (Å²) in [4.78, 5) is 20.7. The van der Waals surface area contributed by atoms with Crippen LogP contribution in [-0.4, -0.2) is 15.9 Å². The summed E-state index contributed by atoms with van der Waals surface area (Å²) in [5.74, 6) is 0.0719. The molecule has 26 heavy (non-hydrogen) atoms. The third-order valence-electron chi connectivity index (χ3n) is 3.67. The number of carbonyl (C=O) groups excluding carboxylic acids is 1. The number of halogens is 2. The molecule has 2 N–H and O–H groups in total. The van der Waals surface area contributed by atoms with Gasteiger partial charge in [0.2, 0.25) is 5.95 Å². The standard InChI is InChI=1S/C19H16Cl2N4O/c1-11-3-4-12(2)17(5-11)25-19-22-9-13(10-23-19)18(26)24-16-7-14(20)6-15(21)8-16/h3-10H,1-2H3,(H,24,26)(H,22,23,25). The van der Waals surface area contributed by atoms with E-state index in [4.69, 9.17) is 23.2 Å².